The van der Waals surface area contributed by atoms with Crippen molar-refractivity contribution in [3.8, 4) is 0 Å². The van der Waals surface area contributed by atoms with Crippen molar-refractivity contribution in [1.29, 1.82) is 0 Å². The smallest absolute Gasteiger partial charge is 0.155 e. The van der Waals surface area contributed by atoms with Gasteiger partial charge in [0.05, 0.1) is 12.7 Å². The summed E-state index contributed by atoms with van der Waals surface area (Å²) in [5, 5.41) is 19.3. The zero-order chi connectivity index (χ0) is 10.3. The van der Waals surface area contributed by atoms with Crippen LogP contribution in [-0.2, 0) is 14.2 Å². The molecule has 2 heterocycles. The molecule has 2 N–H and O–H groups in total. The van der Waals surface area contributed by atoms with E-state index in [1.54, 1.807) is 13.8 Å². The van der Waals surface area contributed by atoms with Crippen LogP contribution < -0.4 is 0 Å². The first-order chi connectivity index (χ1) is 6.59. The molecule has 0 bridgehead atoms. The SMILES string of the molecule is CC1OCC2O[C@H](C)C(O)[C@@H](O)[C@@H]2O1. The molecule has 2 aliphatic heterocycles. The molecule has 0 amide bonds. The number of hydrogen-bond donors (Lipinski definition) is 2. The minimum atomic E-state index is -0.893. The number of rotatable bonds is 0. The van der Waals surface area contributed by atoms with Crippen LogP contribution in [0, 0.1) is 0 Å². The lowest BCUT2D eigenvalue weighted by Gasteiger charge is -2.45. The highest BCUT2D eigenvalue weighted by molar-refractivity contribution is 4.92. The minimum Gasteiger partial charge on any atom is -0.388 e. The Labute approximate surface area is 82.6 Å². The molecule has 14 heavy (non-hydrogen) atoms. The quantitative estimate of drug-likeness (QED) is 0.544. The Morgan fingerprint density at radius 3 is 2.50 bits per heavy atom. The van der Waals surface area contributed by atoms with Gasteiger partial charge in [0, 0.05) is 0 Å². The molecule has 5 heteroatoms. The second-order valence-corrected chi connectivity index (χ2v) is 3.86. The fourth-order valence-electron chi connectivity index (χ4n) is 1.92. The van der Waals surface area contributed by atoms with Crippen molar-refractivity contribution in [2.75, 3.05) is 6.61 Å². The molecule has 2 fully saturated rings. The lowest BCUT2D eigenvalue weighted by molar-refractivity contribution is -0.318. The monoisotopic (exact) mass is 204 g/mol. The summed E-state index contributed by atoms with van der Waals surface area (Å²) in [6.45, 7) is 3.88. The van der Waals surface area contributed by atoms with Crippen LogP contribution in [0.5, 0.6) is 0 Å². The Morgan fingerprint density at radius 2 is 1.79 bits per heavy atom. The predicted molar refractivity (Wildman–Crippen MR) is 46.6 cm³/mol. The molecule has 2 rings (SSSR count). The summed E-state index contributed by atoms with van der Waals surface area (Å²) in [6, 6.07) is 0. The molecule has 0 saturated carbocycles. The maximum Gasteiger partial charge on any atom is 0.155 e. The van der Waals surface area contributed by atoms with E-state index < -0.39 is 18.3 Å². The van der Waals surface area contributed by atoms with Crippen LogP contribution in [0.2, 0.25) is 0 Å². The maximum absolute atomic E-state index is 9.75. The van der Waals surface area contributed by atoms with Gasteiger partial charge >= 0.3 is 0 Å². The van der Waals surface area contributed by atoms with Gasteiger partial charge in [0.2, 0.25) is 0 Å². The molecule has 0 radical (unpaired) electrons. The molecule has 5 nitrogen and oxygen atoms in total. The van der Waals surface area contributed by atoms with E-state index in [9.17, 15) is 10.2 Å². The van der Waals surface area contributed by atoms with Crippen LogP contribution in [0.4, 0.5) is 0 Å². The molecule has 0 aromatic rings. The van der Waals surface area contributed by atoms with E-state index in [1.807, 2.05) is 0 Å². The topological polar surface area (TPSA) is 68.2 Å². The van der Waals surface area contributed by atoms with E-state index in [0.29, 0.717) is 6.61 Å². The van der Waals surface area contributed by atoms with E-state index in [1.165, 1.54) is 0 Å². The zero-order valence-electron chi connectivity index (χ0n) is 8.29. The van der Waals surface area contributed by atoms with Gasteiger partial charge in [-0.3, -0.25) is 0 Å². The van der Waals surface area contributed by atoms with Gasteiger partial charge in [-0.15, -0.1) is 0 Å². The van der Waals surface area contributed by atoms with E-state index in [2.05, 4.69) is 0 Å². The average Bonchev–Trinajstić information content (AvgIpc) is 2.16. The Bertz CT molecular complexity index is 207. The first-order valence-electron chi connectivity index (χ1n) is 4.88. The van der Waals surface area contributed by atoms with E-state index in [0.717, 1.165) is 0 Å². The lowest BCUT2D eigenvalue weighted by Crippen LogP contribution is -2.61. The highest BCUT2D eigenvalue weighted by Gasteiger charge is 2.46. The summed E-state index contributed by atoms with van der Waals surface area (Å²) in [7, 11) is 0. The Kier molecular flexibility index (Phi) is 2.77. The number of hydrogen-bond acceptors (Lipinski definition) is 5. The average molecular weight is 204 g/mol. The molecular formula is C9H16O5. The fraction of sp³-hybridized carbons (Fsp3) is 1.00. The normalized spacial score (nSPS) is 54.0. The van der Waals surface area contributed by atoms with Gasteiger partial charge in [-0.1, -0.05) is 0 Å². The van der Waals surface area contributed by atoms with Crippen molar-refractivity contribution in [2.45, 2.75) is 50.7 Å². The van der Waals surface area contributed by atoms with Gasteiger partial charge in [0.25, 0.3) is 0 Å². The van der Waals surface area contributed by atoms with Crippen LogP contribution in [0.25, 0.3) is 0 Å². The minimum absolute atomic E-state index is 0.278. The van der Waals surface area contributed by atoms with Gasteiger partial charge in [-0.05, 0) is 13.8 Å². The van der Waals surface area contributed by atoms with Crippen molar-refractivity contribution in [2.24, 2.45) is 0 Å². The summed E-state index contributed by atoms with van der Waals surface area (Å²) >= 11 is 0. The highest BCUT2D eigenvalue weighted by Crippen LogP contribution is 2.27. The van der Waals surface area contributed by atoms with Crippen molar-refractivity contribution in [3.63, 3.8) is 0 Å². The third-order valence-electron chi connectivity index (χ3n) is 2.77. The molecular weight excluding hydrogens is 188 g/mol. The standard InChI is InChI=1S/C9H16O5/c1-4-7(10)8(11)9-6(13-4)3-12-5(2)14-9/h4-11H,3H2,1-2H3/t4-,5?,6?,7?,8-,9-/m1/s1. The lowest BCUT2D eigenvalue weighted by atomic mass is 9.95. The number of ether oxygens (including phenoxy) is 3. The molecule has 0 aromatic carbocycles. The first kappa shape index (κ1) is 10.3. The fourth-order valence-corrected chi connectivity index (χ4v) is 1.92. The zero-order valence-corrected chi connectivity index (χ0v) is 8.29. The molecule has 2 saturated heterocycles. The molecule has 3 unspecified atom stereocenters. The number of aliphatic hydroxyl groups excluding tert-OH is 2. The summed E-state index contributed by atoms with van der Waals surface area (Å²) in [5.74, 6) is 0. The molecule has 0 aromatic heterocycles. The van der Waals surface area contributed by atoms with Gasteiger partial charge in [-0.2, -0.15) is 0 Å². The van der Waals surface area contributed by atoms with Gasteiger partial charge < -0.3 is 24.4 Å². The van der Waals surface area contributed by atoms with Crippen molar-refractivity contribution < 1.29 is 24.4 Å². The Hall–Kier alpha value is -0.200. The number of fused-ring (bicyclic) bond motifs is 1. The highest BCUT2D eigenvalue weighted by atomic mass is 16.7. The second-order valence-electron chi connectivity index (χ2n) is 3.86. The third-order valence-corrected chi connectivity index (χ3v) is 2.77. The van der Waals surface area contributed by atoms with Crippen LogP contribution in [0.1, 0.15) is 13.8 Å². The van der Waals surface area contributed by atoms with Crippen molar-refractivity contribution in [1.82, 2.24) is 0 Å². The van der Waals surface area contributed by atoms with E-state index in [4.69, 9.17) is 14.2 Å². The maximum atomic E-state index is 9.75. The summed E-state index contributed by atoms with van der Waals surface area (Å²) in [6.07, 6.45) is -3.27. The van der Waals surface area contributed by atoms with Crippen LogP contribution in [-0.4, -0.2) is 53.6 Å². The van der Waals surface area contributed by atoms with Gasteiger partial charge in [-0.25, -0.2) is 0 Å². The Balaban J connectivity index is 2.08. The van der Waals surface area contributed by atoms with E-state index >= 15 is 0 Å². The number of aliphatic hydroxyl groups is 2. The Morgan fingerprint density at radius 1 is 1.07 bits per heavy atom. The van der Waals surface area contributed by atoms with Gasteiger partial charge in [0.15, 0.2) is 6.29 Å². The second kappa shape index (κ2) is 3.75. The van der Waals surface area contributed by atoms with Crippen LogP contribution in [0.3, 0.4) is 0 Å². The first-order valence-corrected chi connectivity index (χ1v) is 4.88. The molecule has 2 aliphatic rings. The van der Waals surface area contributed by atoms with Crippen molar-refractivity contribution >= 4 is 0 Å². The van der Waals surface area contributed by atoms with Crippen LogP contribution >= 0.6 is 0 Å². The van der Waals surface area contributed by atoms with Gasteiger partial charge in [0.1, 0.15) is 24.4 Å². The molecule has 82 valence electrons. The summed E-state index contributed by atoms with van der Waals surface area (Å²) < 4.78 is 16.1. The third kappa shape index (κ3) is 1.66. The van der Waals surface area contributed by atoms with Crippen LogP contribution in [0.15, 0.2) is 0 Å². The predicted octanol–water partition coefficient (Wildman–Crippen LogP) is -0.743. The summed E-state index contributed by atoms with van der Waals surface area (Å²) in [5.41, 5.74) is 0. The molecule has 6 atom stereocenters. The molecule has 0 spiro atoms. The molecule has 0 aliphatic carbocycles. The summed E-state index contributed by atoms with van der Waals surface area (Å²) in [4.78, 5) is 0. The largest absolute Gasteiger partial charge is 0.388 e. The van der Waals surface area contributed by atoms with E-state index in [-0.39, 0.29) is 18.5 Å². The van der Waals surface area contributed by atoms with Crippen molar-refractivity contribution in [3.05, 3.63) is 0 Å².